The van der Waals surface area contributed by atoms with Gasteiger partial charge in [0.2, 0.25) is 0 Å². The Morgan fingerprint density at radius 3 is 2.77 bits per heavy atom. The minimum absolute atomic E-state index is 0.111. The molecule has 0 amide bonds. The highest BCUT2D eigenvalue weighted by Crippen LogP contribution is 2.24. The number of nitriles is 1. The van der Waals surface area contributed by atoms with E-state index in [9.17, 15) is 8.42 Å². The summed E-state index contributed by atoms with van der Waals surface area (Å²) in [6.07, 6.45) is 2.97. The molecule has 0 saturated heterocycles. The summed E-state index contributed by atoms with van der Waals surface area (Å²) in [5.41, 5.74) is 1.51. The second-order valence-electron chi connectivity index (χ2n) is 4.86. The number of benzene rings is 1. The van der Waals surface area contributed by atoms with Gasteiger partial charge in [0.15, 0.2) is 0 Å². The Bertz CT molecular complexity index is 790. The minimum atomic E-state index is -3.73. The van der Waals surface area contributed by atoms with Crippen molar-refractivity contribution in [2.75, 3.05) is 10.8 Å². The fraction of sp³-hybridized carbons (Fsp3) is 0.333. The molecule has 6 nitrogen and oxygen atoms in total. The highest BCUT2D eigenvalue weighted by molar-refractivity contribution is 7.92. The average Bonchev–Trinajstić information content (AvgIpc) is 2.97. The van der Waals surface area contributed by atoms with E-state index >= 15 is 0 Å². The number of rotatable bonds is 6. The number of hydrogen-bond acceptors (Lipinski definition) is 4. The third-order valence-electron chi connectivity index (χ3n) is 3.24. The molecule has 0 aliphatic heterocycles. The first-order valence-corrected chi connectivity index (χ1v) is 8.42. The summed E-state index contributed by atoms with van der Waals surface area (Å²) in [5.74, 6) is 0. The fourth-order valence-corrected chi connectivity index (χ4v) is 3.51. The number of hydrogen-bond donors (Lipinski definition) is 0. The third kappa shape index (κ3) is 3.28. The van der Waals surface area contributed by atoms with Crippen LogP contribution in [-0.2, 0) is 16.6 Å². The molecule has 0 bridgehead atoms. The van der Waals surface area contributed by atoms with Crippen LogP contribution in [0.3, 0.4) is 0 Å². The van der Waals surface area contributed by atoms with Crippen molar-refractivity contribution in [1.82, 2.24) is 9.78 Å². The third-order valence-corrected chi connectivity index (χ3v) is 5.02. The van der Waals surface area contributed by atoms with Gasteiger partial charge in [0.1, 0.15) is 4.90 Å². The summed E-state index contributed by atoms with van der Waals surface area (Å²) in [5, 5.41) is 12.8. The smallest absolute Gasteiger partial charge is 0.267 e. The monoisotopic (exact) mass is 318 g/mol. The topological polar surface area (TPSA) is 79.0 Å². The molecular weight excluding hydrogens is 300 g/mol. The van der Waals surface area contributed by atoms with Gasteiger partial charge in [-0.15, -0.1) is 0 Å². The molecule has 0 N–H and O–H groups in total. The Morgan fingerprint density at radius 1 is 1.41 bits per heavy atom. The van der Waals surface area contributed by atoms with Gasteiger partial charge >= 0.3 is 0 Å². The van der Waals surface area contributed by atoms with Crippen LogP contribution in [0.1, 0.15) is 18.9 Å². The molecule has 0 fully saturated rings. The molecule has 7 heteroatoms. The van der Waals surface area contributed by atoms with Gasteiger partial charge in [0.25, 0.3) is 10.0 Å². The first-order chi connectivity index (χ1) is 10.5. The number of nitrogens with zero attached hydrogens (tertiary/aromatic N) is 4. The molecule has 0 radical (unpaired) electrons. The highest BCUT2D eigenvalue weighted by Gasteiger charge is 2.26. The Morgan fingerprint density at radius 2 is 2.18 bits per heavy atom. The molecule has 2 rings (SSSR count). The van der Waals surface area contributed by atoms with Crippen LogP contribution >= 0.6 is 0 Å². The zero-order valence-electron chi connectivity index (χ0n) is 12.6. The van der Waals surface area contributed by atoms with Gasteiger partial charge in [0.05, 0.1) is 24.4 Å². The van der Waals surface area contributed by atoms with E-state index in [2.05, 4.69) is 5.10 Å². The van der Waals surface area contributed by atoms with Crippen molar-refractivity contribution in [2.45, 2.75) is 31.7 Å². The molecule has 1 aromatic heterocycles. The SMILES string of the molecule is CCn1cc(S(=O)(=O)N(CCC#N)c2cccc(C)c2)cn1. The van der Waals surface area contributed by atoms with Gasteiger partial charge < -0.3 is 0 Å². The Kier molecular flexibility index (Phi) is 4.83. The molecule has 0 saturated carbocycles. The predicted molar refractivity (Wildman–Crippen MR) is 83.8 cm³/mol. The standard InChI is InChI=1S/C15H18N4O2S/c1-3-18-12-15(11-17-18)22(20,21)19(9-5-8-16)14-7-4-6-13(2)10-14/h4,6-7,10-12H,3,5,9H2,1-2H3. The second kappa shape index (κ2) is 6.62. The van der Waals surface area contributed by atoms with Crippen LogP contribution in [0, 0.1) is 18.3 Å². The van der Waals surface area contributed by atoms with Crippen LogP contribution in [0.25, 0.3) is 0 Å². The Hall–Kier alpha value is -2.33. The van der Waals surface area contributed by atoms with E-state index in [1.807, 2.05) is 26.0 Å². The molecule has 1 aromatic carbocycles. The Labute approximate surface area is 130 Å². The van der Waals surface area contributed by atoms with Crippen LogP contribution < -0.4 is 4.31 Å². The number of aromatic nitrogens is 2. The van der Waals surface area contributed by atoms with E-state index < -0.39 is 10.0 Å². The quantitative estimate of drug-likeness (QED) is 0.818. The lowest BCUT2D eigenvalue weighted by Crippen LogP contribution is -2.31. The van der Waals surface area contributed by atoms with Crippen LogP contribution in [-0.4, -0.2) is 24.7 Å². The van der Waals surface area contributed by atoms with Crippen molar-refractivity contribution in [2.24, 2.45) is 0 Å². The van der Waals surface area contributed by atoms with Crippen molar-refractivity contribution in [1.29, 1.82) is 5.26 Å². The van der Waals surface area contributed by atoms with Crippen LogP contribution in [0.15, 0.2) is 41.6 Å². The molecule has 0 spiro atoms. The maximum absolute atomic E-state index is 12.8. The molecule has 0 aliphatic carbocycles. The van der Waals surface area contributed by atoms with Gasteiger partial charge in [-0.05, 0) is 31.5 Å². The lowest BCUT2D eigenvalue weighted by atomic mass is 10.2. The summed E-state index contributed by atoms with van der Waals surface area (Å²) < 4.78 is 28.5. The summed E-state index contributed by atoms with van der Waals surface area (Å²) in [6, 6.07) is 9.21. The van der Waals surface area contributed by atoms with Gasteiger partial charge in [-0.1, -0.05) is 12.1 Å². The average molecular weight is 318 g/mol. The zero-order chi connectivity index (χ0) is 16.2. The Balaban J connectivity index is 2.46. The first-order valence-electron chi connectivity index (χ1n) is 6.98. The number of anilines is 1. The summed E-state index contributed by atoms with van der Waals surface area (Å²) >= 11 is 0. The molecule has 1 heterocycles. The van der Waals surface area contributed by atoms with E-state index in [-0.39, 0.29) is 17.9 Å². The van der Waals surface area contributed by atoms with Gasteiger partial charge in [-0.25, -0.2) is 8.42 Å². The molecule has 0 unspecified atom stereocenters. The van der Waals surface area contributed by atoms with Crippen molar-refractivity contribution in [3.63, 3.8) is 0 Å². The van der Waals surface area contributed by atoms with E-state index in [1.54, 1.807) is 22.9 Å². The maximum atomic E-state index is 12.8. The maximum Gasteiger partial charge on any atom is 0.267 e. The van der Waals surface area contributed by atoms with Crippen LogP contribution in [0.4, 0.5) is 5.69 Å². The molecule has 0 aliphatic rings. The van der Waals surface area contributed by atoms with Crippen molar-refractivity contribution >= 4 is 15.7 Å². The van der Waals surface area contributed by atoms with E-state index in [0.29, 0.717) is 12.2 Å². The van der Waals surface area contributed by atoms with E-state index in [1.165, 1.54) is 16.7 Å². The fourth-order valence-electron chi connectivity index (χ4n) is 2.10. The van der Waals surface area contributed by atoms with Crippen molar-refractivity contribution < 1.29 is 8.42 Å². The summed E-state index contributed by atoms with van der Waals surface area (Å²) in [4.78, 5) is 0.133. The van der Waals surface area contributed by atoms with E-state index in [0.717, 1.165) is 5.56 Å². The summed E-state index contributed by atoms with van der Waals surface area (Å²) in [7, 11) is -3.73. The predicted octanol–water partition coefficient (Wildman–Crippen LogP) is 2.32. The lowest BCUT2D eigenvalue weighted by Gasteiger charge is -2.23. The molecule has 22 heavy (non-hydrogen) atoms. The lowest BCUT2D eigenvalue weighted by molar-refractivity contribution is 0.590. The van der Waals surface area contributed by atoms with Gasteiger partial charge in [-0.2, -0.15) is 10.4 Å². The number of aryl methyl sites for hydroxylation is 2. The van der Waals surface area contributed by atoms with Crippen molar-refractivity contribution in [3.8, 4) is 6.07 Å². The van der Waals surface area contributed by atoms with Crippen LogP contribution in [0.5, 0.6) is 0 Å². The van der Waals surface area contributed by atoms with Crippen LogP contribution in [0.2, 0.25) is 0 Å². The minimum Gasteiger partial charge on any atom is -0.272 e. The van der Waals surface area contributed by atoms with E-state index in [4.69, 9.17) is 5.26 Å². The largest absolute Gasteiger partial charge is 0.272 e. The normalized spacial score (nSPS) is 11.1. The highest BCUT2D eigenvalue weighted by atomic mass is 32.2. The van der Waals surface area contributed by atoms with Gasteiger partial charge in [0, 0.05) is 19.3 Å². The molecular formula is C15H18N4O2S. The molecule has 0 atom stereocenters. The summed E-state index contributed by atoms with van der Waals surface area (Å²) in [6.45, 7) is 4.49. The second-order valence-corrected chi connectivity index (χ2v) is 6.72. The van der Waals surface area contributed by atoms with Gasteiger partial charge in [-0.3, -0.25) is 8.99 Å². The molecule has 116 valence electrons. The van der Waals surface area contributed by atoms with Crippen molar-refractivity contribution in [3.05, 3.63) is 42.2 Å². The molecule has 2 aromatic rings. The number of sulfonamides is 1. The first kappa shape index (κ1) is 16.0. The zero-order valence-corrected chi connectivity index (χ0v) is 13.4.